The number of halogens is 1. The molecule has 43 heavy (non-hydrogen) atoms. The lowest BCUT2D eigenvalue weighted by Gasteiger charge is -2.45. The molecule has 0 aliphatic carbocycles. The number of pyridine rings is 2. The first-order valence-electron chi connectivity index (χ1n) is 14.3. The van der Waals surface area contributed by atoms with E-state index in [-0.39, 0.29) is 60.2 Å². The van der Waals surface area contributed by atoms with Gasteiger partial charge < -0.3 is 9.80 Å². The number of rotatable bonds is 4. The monoisotopic (exact) mass is 582 g/mol. The average molecular weight is 583 g/mol. The van der Waals surface area contributed by atoms with E-state index in [2.05, 4.69) is 32.9 Å². The third-order valence-corrected chi connectivity index (χ3v) is 8.12. The lowest BCUT2D eigenvalue weighted by Crippen LogP contribution is -2.59. The van der Waals surface area contributed by atoms with E-state index in [0.29, 0.717) is 36.2 Å². The van der Waals surface area contributed by atoms with Crippen molar-refractivity contribution in [3.8, 4) is 23.1 Å². The first-order valence-corrected chi connectivity index (χ1v) is 14.3. The quantitative estimate of drug-likeness (QED) is 0.332. The molecule has 6 heterocycles. The number of carbonyl (C=O) groups is 1. The SMILES string of the molecule is C=CC(=O)N1CC(C)N(c2nc(=O)n3c4nc(c(F)cc24)-c2cn(nn2)CCCc2ccnc(C(C)C)c2-3)CC1CC#N. The van der Waals surface area contributed by atoms with Crippen LogP contribution in [-0.2, 0) is 17.8 Å². The Morgan fingerprint density at radius 2 is 2.12 bits per heavy atom. The van der Waals surface area contributed by atoms with Crippen molar-refractivity contribution in [1.29, 1.82) is 5.26 Å². The maximum atomic E-state index is 15.9. The van der Waals surface area contributed by atoms with Gasteiger partial charge in [0.2, 0.25) is 5.91 Å². The summed E-state index contributed by atoms with van der Waals surface area (Å²) >= 11 is 0. The van der Waals surface area contributed by atoms with Crippen LogP contribution < -0.4 is 10.6 Å². The lowest BCUT2D eigenvalue weighted by atomic mass is 10.0. The van der Waals surface area contributed by atoms with Crippen LogP contribution in [-0.4, -0.2) is 70.5 Å². The summed E-state index contributed by atoms with van der Waals surface area (Å²) in [6, 6.07) is 4.59. The van der Waals surface area contributed by atoms with Crippen LogP contribution in [0.4, 0.5) is 10.2 Å². The minimum atomic E-state index is -0.637. The normalized spacial score (nSPS) is 18.2. The Kier molecular flexibility index (Phi) is 7.21. The Balaban J connectivity index is 1.64. The molecule has 0 aromatic carbocycles. The predicted octanol–water partition coefficient (Wildman–Crippen LogP) is 3.15. The molecule has 2 atom stereocenters. The van der Waals surface area contributed by atoms with E-state index in [1.165, 1.54) is 16.7 Å². The second kappa shape index (κ2) is 11.0. The van der Waals surface area contributed by atoms with Crippen molar-refractivity contribution in [2.24, 2.45) is 0 Å². The van der Waals surface area contributed by atoms with E-state index in [9.17, 15) is 14.9 Å². The number of piperazine rings is 1. The number of aromatic nitrogens is 7. The molecule has 2 unspecified atom stereocenters. The highest BCUT2D eigenvalue weighted by Crippen LogP contribution is 2.34. The highest BCUT2D eigenvalue weighted by atomic mass is 19.1. The van der Waals surface area contributed by atoms with Gasteiger partial charge in [-0.3, -0.25) is 14.5 Å². The van der Waals surface area contributed by atoms with Crippen molar-refractivity contribution in [2.45, 2.75) is 64.6 Å². The number of anilines is 1. The van der Waals surface area contributed by atoms with Crippen LogP contribution >= 0.6 is 0 Å². The van der Waals surface area contributed by atoms with Gasteiger partial charge in [-0.05, 0) is 49.5 Å². The number of hydrogen-bond acceptors (Lipinski definition) is 9. The van der Waals surface area contributed by atoms with E-state index >= 15 is 4.39 Å². The van der Waals surface area contributed by atoms with E-state index < -0.39 is 17.5 Å². The average Bonchev–Trinajstić information content (AvgIpc) is 3.45. The molecule has 220 valence electrons. The molecule has 1 amide bonds. The zero-order valence-corrected chi connectivity index (χ0v) is 24.2. The zero-order chi connectivity index (χ0) is 30.4. The first-order chi connectivity index (χ1) is 20.7. The standard InChI is InChI=1S/C30H31FN10O2/c1-5-24(42)40-14-18(4)39(15-20(40)8-10-32)28-21-13-22(31)26-23-16-38(37-36-23)12-6-7-19-9-11-33-25(17(2)3)27(19)41(29(21)34-26)30(43)35-28/h5,9,11,13,16-18,20H,1,6-8,12,14-15H2,2-4H3. The predicted molar refractivity (Wildman–Crippen MR) is 157 cm³/mol. The van der Waals surface area contributed by atoms with Crippen LogP contribution in [0.25, 0.3) is 28.1 Å². The number of carbonyl (C=O) groups excluding carboxylic acids is 1. The van der Waals surface area contributed by atoms with Gasteiger partial charge in [0.05, 0.1) is 41.5 Å². The number of hydrogen-bond donors (Lipinski definition) is 0. The molecule has 4 aromatic heterocycles. The van der Waals surface area contributed by atoms with Gasteiger partial charge >= 0.3 is 5.69 Å². The number of aryl methyl sites for hydroxylation is 2. The summed E-state index contributed by atoms with van der Waals surface area (Å²) in [6.07, 6.45) is 6.02. The minimum Gasteiger partial charge on any atom is -0.349 e. The van der Waals surface area contributed by atoms with Gasteiger partial charge in [-0.15, -0.1) is 5.10 Å². The molecule has 1 saturated heterocycles. The van der Waals surface area contributed by atoms with Gasteiger partial charge in [0.1, 0.15) is 17.2 Å². The fraction of sp³-hybridized carbons (Fsp3) is 0.400. The summed E-state index contributed by atoms with van der Waals surface area (Å²) in [5.74, 6) is -0.707. The largest absolute Gasteiger partial charge is 0.355 e. The topological polar surface area (TPSA) is 139 Å². The molecule has 2 aliphatic rings. The summed E-state index contributed by atoms with van der Waals surface area (Å²) in [4.78, 5) is 44.2. The van der Waals surface area contributed by atoms with E-state index in [1.54, 1.807) is 22.0 Å². The molecular weight excluding hydrogens is 551 g/mol. The van der Waals surface area contributed by atoms with Crippen LogP contribution in [0.2, 0.25) is 0 Å². The maximum absolute atomic E-state index is 15.9. The summed E-state index contributed by atoms with van der Waals surface area (Å²) in [5.41, 5.74) is 2.05. The molecule has 1 fully saturated rings. The fourth-order valence-electron chi connectivity index (χ4n) is 6.05. The number of amides is 1. The van der Waals surface area contributed by atoms with Gasteiger partial charge in [0.25, 0.3) is 0 Å². The second-order valence-corrected chi connectivity index (χ2v) is 11.3. The van der Waals surface area contributed by atoms with Gasteiger partial charge in [-0.1, -0.05) is 25.6 Å². The molecule has 4 bridgehead atoms. The minimum absolute atomic E-state index is 0.0284. The molecule has 0 spiro atoms. The van der Waals surface area contributed by atoms with Crippen LogP contribution in [0, 0.1) is 17.1 Å². The molecule has 13 heteroatoms. The summed E-state index contributed by atoms with van der Waals surface area (Å²) in [7, 11) is 0. The molecule has 0 N–H and O–H groups in total. The first kappa shape index (κ1) is 28.1. The summed E-state index contributed by atoms with van der Waals surface area (Å²) < 4.78 is 19.0. The Morgan fingerprint density at radius 1 is 1.30 bits per heavy atom. The highest BCUT2D eigenvalue weighted by Gasteiger charge is 2.36. The van der Waals surface area contributed by atoms with Gasteiger partial charge in [0, 0.05) is 31.9 Å². The molecule has 0 radical (unpaired) electrons. The summed E-state index contributed by atoms with van der Waals surface area (Å²) in [5, 5.41) is 18.2. The van der Waals surface area contributed by atoms with Gasteiger partial charge in [-0.25, -0.2) is 18.7 Å². The Hall–Kier alpha value is -4.99. The van der Waals surface area contributed by atoms with E-state index in [0.717, 1.165) is 5.56 Å². The lowest BCUT2D eigenvalue weighted by molar-refractivity contribution is -0.129. The van der Waals surface area contributed by atoms with Crippen molar-refractivity contribution >= 4 is 22.8 Å². The number of nitrogens with zero attached hydrogens (tertiary/aromatic N) is 10. The Morgan fingerprint density at radius 3 is 2.86 bits per heavy atom. The van der Waals surface area contributed by atoms with Crippen LogP contribution in [0.15, 0.2) is 42.0 Å². The van der Waals surface area contributed by atoms with Crippen molar-refractivity contribution in [3.05, 3.63) is 64.7 Å². The molecule has 6 rings (SSSR count). The van der Waals surface area contributed by atoms with Crippen LogP contribution in [0.5, 0.6) is 0 Å². The van der Waals surface area contributed by atoms with Gasteiger partial charge in [0.15, 0.2) is 11.5 Å². The fourth-order valence-corrected chi connectivity index (χ4v) is 6.05. The molecule has 12 nitrogen and oxygen atoms in total. The Labute approximate surface area is 247 Å². The molecular formula is C30H31FN10O2. The van der Waals surface area contributed by atoms with Crippen LogP contribution in [0.1, 0.15) is 50.8 Å². The smallest absolute Gasteiger partial charge is 0.349 e. The van der Waals surface area contributed by atoms with Gasteiger partial charge in [-0.2, -0.15) is 10.2 Å². The summed E-state index contributed by atoms with van der Waals surface area (Å²) in [6.45, 7) is 10.5. The van der Waals surface area contributed by atoms with Crippen molar-refractivity contribution in [3.63, 3.8) is 0 Å². The highest BCUT2D eigenvalue weighted by molar-refractivity contribution is 5.91. The van der Waals surface area contributed by atoms with Crippen molar-refractivity contribution in [1.82, 2.24) is 39.4 Å². The second-order valence-electron chi connectivity index (χ2n) is 11.3. The third-order valence-electron chi connectivity index (χ3n) is 8.12. The number of nitriles is 1. The zero-order valence-electron chi connectivity index (χ0n) is 24.2. The van der Waals surface area contributed by atoms with Crippen LogP contribution in [0.3, 0.4) is 0 Å². The molecule has 2 aliphatic heterocycles. The number of fused-ring (bicyclic) bond motifs is 6. The Bertz CT molecular complexity index is 1860. The van der Waals surface area contributed by atoms with E-state index in [1.807, 2.05) is 31.7 Å². The molecule has 0 saturated carbocycles. The third kappa shape index (κ3) is 4.82. The van der Waals surface area contributed by atoms with Crippen molar-refractivity contribution in [2.75, 3.05) is 18.0 Å². The van der Waals surface area contributed by atoms with E-state index in [4.69, 9.17) is 4.98 Å². The van der Waals surface area contributed by atoms with Crippen molar-refractivity contribution < 1.29 is 9.18 Å². The maximum Gasteiger partial charge on any atom is 0.355 e. The molecule has 4 aromatic rings.